The highest BCUT2D eigenvalue weighted by atomic mass is 32.1. The van der Waals surface area contributed by atoms with Crippen LogP contribution in [-0.2, 0) is 18.4 Å². The van der Waals surface area contributed by atoms with E-state index >= 15 is 0 Å². The Morgan fingerprint density at radius 2 is 2.24 bits per heavy atom. The molecule has 0 aromatic carbocycles. The summed E-state index contributed by atoms with van der Waals surface area (Å²) in [6.45, 7) is 1.55. The van der Waals surface area contributed by atoms with Gasteiger partial charge in [-0.2, -0.15) is 5.10 Å². The molecule has 4 rings (SSSR count). The molecule has 1 aliphatic heterocycles. The third kappa shape index (κ3) is 3.17. The second kappa shape index (κ2) is 6.57. The first-order valence-corrected chi connectivity index (χ1v) is 9.27. The number of amides is 1. The smallest absolute Gasteiger partial charge is 0.223 e. The van der Waals surface area contributed by atoms with Crippen molar-refractivity contribution in [1.29, 1.82) is 0 Å². The molecule has 0 saturated carbocycles. The van der Waals surface area contributed by atoms with Crippen LogP contribution in [0.4, 0.5) is 0 Å². The SMILES string of the molecule is CN1C(=O)C[C@@H](CNCc2cnc3ccsc3c2)[C@@H]1c1cnn(C)c1. The molecule has 1 fully saturated rings. The zero-order valence-corrected chi connectivity index (χ0v) is 15.2. The average molecular weight is 355 g/mol. The lowest BCUT2D eigenvalue weighted by Crippen LogP contribution is -2.28. The Morgan fingerprint density at radius 3 is 3.04 bits per heavy atom. The first kappa shape index (κ1) is 16.2. The van der Waals surface area contributed by atoms with Crippen LogP contribution in [0.15, 0.2) is 36.1 Å². The summed E-state index contributed by atoms with van der Waals surface area (Å²) in [5.41, 5.74) is 3.32. The minimum atomic E-state index is 0.0894. The lowest BCUT2D eigenvalue weighted by Gasteiger charge is -2.24. The van der Waals surface area contributed by atoms with Gasteiger partial charge in [0.15, 0.2) is 0 Å². The number of nitrogens with one attached hydrogen (secondary N) is 1. The number of aryl methyl sites for hydroxylation is 1. The predicted molar refractivity (Wildman–Crippen MR) is 98.2 cm³/mol. The summed E-state index contributed by atoms with van der Waals surface area (Å²) >= 11 is 1.71. The van der Waals surface area contributed by atoms with Gasteiger partial charge in [-0.25, -0.2) is 0 Å². The molecule has 3 aromatic rings. The van der Waals surface area contributed by atoms with Crippen LogP contribution in [0.3, 0.4) is 0 Å². The summed E-state index contributed by atoms with van der Waals surface area (Å²) in [6.07, 6.45) is 6.36. The summed E-state index contributed by atoms with van der Waals surface area (Å²) < 4.78 is 3.00. The monoisotopic (exact) mass is 355 g/mol. The molecule has 6 nitrogen and oxygen atoms in total. The maximum absolute atomic E-state index is 12.2. The Morgan fingerprint density at radius 1 is 1.36 bits per heavy atom. The number of aromatic nitrogens is 3. The highest BCUT2D eigenvalue weighted by Crippen LogP contribution is 2.36. The van der Waals surface area contributed by atoms with Gasteiger partial charge >= 0.3 is 0 Å². The minimum absolute atomic E-state index is 0.0894. The molecule has 0 aliphatic carbocycles. The molecule has 1 amide bonds. The molecule has 1 saturated heterocycles. The first-order chi connectivity index (χ1) is 12.1. The lowest BCUT2D eigenvalue weighted by molar-refractivity contribution is -0.127. The van der Waals surface area contributed by atoms with Crippen molar-refractivity contribution in [3.63, 3.8) is 0 Å². The molecule has 2 atom stereocenters. The van der Waals surface area contributed by atoms with Crippen molar-refractivity contribution >= 4 is 27.5 Å². The van der Waals surface area contributed by atoms with E-state index in [2.05, 4.69) is 26.8 Å². The van der Waals surface area contributed by atoms with Gasteiger partial charge in [0.2, 0.25) is 5.91 Å². The van der Waals surface area contributed by atoms with Crippen molar-refractivity contribution in [3.8, 4) is 0 Å². The fourth-order valence-corrected chi connectivity index (χ4v) is 4.41. The highest BCUT2D eigenvalue weighted by molar-refractivity contribution is 7.17. The molecule has 1 aliphatic rings. The number of hydrogen-bond donors (Lipinski definition) is 1. The number of nitrogens with zero attached hydrogens (tertiary/aromatic N) is 4. The van der Waals surface area contributed by atoms with Crippen LogP contribution < -0.4 is 5.32 Å². The van der Waals surface area contributed by atoms with E-state index in [0.29, 0.717) is 6.42 Å². The van der Waals surface area contributed by atoms with E-state index < -0.39 is 0 Å². The first-order valence-electron chi connectivity index (χ1n) is 8.39. The van der Waals surface area contributed by atoms with E-state index in [4.69, 9.17) is 0 Å². The molecule has 4 heterocycles. The normalized spacial score (nSPS) is 20.7. The van der Waals surface area contributed by atoms with E-state index in [1.54, 1.807) is 16.0 Å². The number of rotatable bonds is 5. The molecule has 0 spiro atoms. The molecular formula is C18H21N5OS. The van der Waals surface area contributed by atoms with Crippen LogP contribution in [0.1, 0.15) is 23.6 Å². The van der Waals surface area contributed by atoms with E-state index in [9.17, 15) is 4.79 Å². The Hall–Kier alpha value is -2.25. The summed E-state index contributed by atoms with van der Waals surface area (Å²) in [5.74, 6) is 0.447. The van der Waals surface area contributed by atoms with Gasteiger partial charge in [0.1, 0.15) is 0 Å². The van der Waals surface area contributed by atoms with Crippen LogP contribution in [-0.4, -0.2) is 39.2 Å². The molecule has 0 unspecified atom stereocenters. The molecule has 0 radical (unpaired) electrons. The minimum Gasteiger partial charge on any atom is -0.338 e. The molecule has 25 heavy (non-hydrogen) atoms. The van der Waals surface area contributed by atoms with E-state index in [0.717, 1.165) is 24.2 Å². The zero-order chi connectivity index (χ0) is 17.4. The van der Waals surface area contributed by atoms with Crippen LogP contribution >= 0.6 is 11.3 Å². The van der Waals surface area contributed by atoms with E-state index in [1.165, 1.54) is 10.3 Å². The van der Waals surface area contributed by atoms with Crippen molar-refractivity contribution in [3.05, 3.63) is 47.2 Å². The molecule has 0 bridgehead atoms. The third-order valence-electron chi connectivity index (χ3n) is 4.86. The van der Waals surface area contributed by atoms with Crippen LogP contribution in [0.25, 0.3) is 10.2 Å². The average Bonchev–Trinajstić information content (AvgIpc) is 3.28. The van der Waals surface area contributed by atoms with Gasteiger partial charge in [-0.1, -0.05) is 0 Å². The summed E-state index contributed by atoms with van der Waals surface area (Å²) in [4.78, 5) is 18.5. The van der Waals surface area contributed by atoms with Crippen LogP contribution in [0.2, 0.25) is 0 Å². The fourth-order valence-electron chi connectivity index (χ4n) is 3.61. The van der Waals surface area contributed by atoms with Crippen molar-refractivity contribution in [1.82, 2.24) is 25.0 Å². The van der Waals surface area contributed by atoms with E-state index in [-0.39, 0.29) is 17.9 Å². The number of likely N-dealkylation sites (tertiary alicyclic amines) is 1. The summed E-state index contributed by atoms with van der Waals surface area (Å²) in [7, 11) is 3.79. The second-order valence-corrected chi connectivity index (χ2v) is 7.59. The zero-order valence-electron chi connectivity index (χ0n) is 14.3. The Bertz CT molecular complexity index is 902. The number of carbonyl (C=O) groups excluding carboxylic acids is 1. The number of carbonyl (C=O) groups is 1. The van der Waals surface area contributed by atoms with Gasteiger partial charge in [0.25, 0.3) is 0 Å². The molecule has 1 N–H and O–H groups in total. The Labute approximate surface area is 150 Å². The van der Waals surface area contributed by atoms with Crippen molar-refractivity contribution in [2.45, 2.75) is 19.0 Å². The third-order valence-corrected chi connectivity index (χ3v) is 5.71. The topological polar surface area (TPSA) is 63.1 Å². The lowest BCUT2D eigenvalue weighted by atomic mass is 9.95. The van der Waals surface area contributed by atoms with Crippen LogP contribution in [0.5, 0.6) is 0 Å². The van der Waals surface area contributed by atoms with Crippen molar-refractivity contribution in [2.24, 2.45) is 13.0 Å². The molecule has 7 heteroatoms. The highest BCUT2D eigenvalue weighted by Gasteiger charge is 2.38. The molecule has 130 valence electrons. The number of fused-ring (bicyclic) bond motifs is 1. The summed E-state index contributed by atoms with van der Waals surface area (Å²) in [5, 5.41) is 9.83. The Kier molecular flexibility index (Phi) is 4.27. The predicted octanol–water partition coefficient (Wildman–Crippen LogP) is 2.34. The Balaban J connectivity index is 1.42. The van der Waals surface area contributed by atoms with Crippen molar-refractivity contribution in [2.75, 3.05) is 13.6 Å². The standard InChI is InChI=1S/C18H21N5OS/c1-22-11-14(10-21-22)18-13(6-17(24)23(18)2)9-19-7-12-5-16-15(20-8-12)3-4-25-16/h3-5,8,10-11,13,18-19H,6-7,9H2,1-2H3/t13-,18+/m0/s1. The largest absolute Gasteiger partial charge is 0.338 e. The van der Waals surface area contributed by atoms with Gasteiger partial charge in [0, 0.05) is 57.5 Å². The second-order valence-electron chi connectivity index (χ2n) is 6.64. The maximum Gasteiger partial charge on any atom is 0.223 e. The molecular weight excluding hydrogens is 334 g/mol. The van der Waals surface area contributed by atoms with Gasteiger partial charge in [0.05, 0.1) is 22.5 Å². The van der Waals surface area contributed by atoms with Gasteiger partial charge in [-0.15, -0.1) is 11.3 Å². The fraction of sp³-hybridized carbons (Fsp3) is 0.389. The van der Waals surface area contributed by atoms with E-state index in [1.807, 2.05) is 43.7 Å². The van der Waals surface area contributed by atoms with Crippen LogP contribution in [0, 0.1) is 5.92 Å². The number of hydrogen-bond acceptors (Lipinski definition) is 5. The summed E-state index contributed by atoms with van der Waals surface area (Å²) in [6, 6.07) is 4.31. The van der Waals surface area contributed by atoms with Crippen molar-refractivity contribution < 1.29 is 4.79 Å². The van der Waals surface area contributed by atoms with Gasteiger partial charge < -0.3 is 10.2 Å². The van der Waals surface area contributed by atoms with Gasteiger partial charge in [-0.3, -0.25) is 14.5 Å². The van der Waals surface area contributed by atoms with Gasteiger partial charge in [-0.05, 0) is 23.1 Å². The number of pyridine rings is 1. The quantitative estimate of drug-likeness (QED) is 0.763. The molecule has 3 aromatic heterocycles. The number of thiophene rings is 1. The maximum atomic E-state index is 12.2.